The molecule has 0 spiro atoms. The Labute approximate surface area is 106 Å². The molecular formula is C13H18N2O3. The van der Waals surface area contributed by atoms with Crippen molar-refractivity contribution >= 4 is 6.09 Å². The van der Waals surface area contributed by atoms with Gasteiger partial charge in [0.25, 0.3) is 0 Å². The van der Waals surface area contributed by atoms with Gasteiger partial charge in [-0.25, -0.2) is 4.79 Å². The number of ether oxygens (including phenoxy) is 1. The van der Waals surface area contributed by atoms with Crippen molar-refractivity contribution in [1.29, 1.82) is 0 Å². The van der Waals surface area contributed by atoms with Crippen molar-refractivity contribution in [2.24, 2.45) is 5.73 Å². The quantitative estimate of drug-likeness (QED) is 0.736. The molecule has 0 heterocycles. The summed E-state index contributed by atoms with van der Waals surface area (Å²) in [5.41, 5.74) is 5.66. The normalized spacial score (nSPS) is 26.2. The molecule has 0 aromatic heterocycles. The van der Waals surface area contributed by atoms with Crippen molar-refractivity contribution in [3.8, 4) is 0 Å². The van der Waals surface area contributed by atoms with Gasteiger partial charge in [0.15, 0.2) is 0 Å². The molecule has 0 atom stereocenters. The predicted octanol–water partition coefficient (Wildman–Crippen LogP) is 0.765. The maximum absolute atomic E-state index is 11.4. The average molecular weight is 250 g/mol. The Morgan fingerprint density at radius 3 is 2.72 bits per heavy atom. The molecule has 1 amide bonds. The van der Waals surface area contributed by atoms with E-state index >= 15 is 0 Å². The van der Waals surface area contributed by atoms with Crippen molar-refractivity contribution in [3.05, 3.63) is 35.9 Å². The Kier molecular flexibility index (Phi) is 3.84. The van der Waals surface area contributed by atoms with Crippen LogP contribution in [0.1, 0.15) is 18.4 Å². The zero-order valence-corrected chi connectivity index (χ0v) is 10.1. The van der Waals surface area contributed by atoms with E-state index in [0.29, 0.717) is 12.8 Å². The Morgan fingerprint density at radius 2 is 2.11 bits per heavy atom. The van der Waals surface area contributed by atoms with Gasteiger partial charge in [0.1, 0.15) is 6.61 Å². The number of benzene rings is 1. The summed E-state index contributed by atoms with van der Waals surface area (Å²) >= 11 is 0. The smallest absolute Gasteiger partial charge is 0.407 e. The van der Waals surface area contributed by atoms with Crippen molar-refractivity contribution in [3.63, 3.8) is 0 Å². The minimum atomic E-state index is -0.856. The van der Waals surface area contributed by atoms with Crippen LogP contribution in [0, 0.1) is 0 Å². The molecule has 98 valence electrons. The van der Waals surface area contributed by atoms with E-state index in [4.69, 9.17) is 10.5 Å². The number of rotatable bonds is 4. The highest BCUT2D eigenvalue weighted by Gasteiger charge is 2.40. The number of aliphatic hydroxyl groups is 1. The van der Waals surface area contributed by atoms with Crippen molar-refractivity contribution in [2.45, 2.75) is 31.1 Å². The molecule has 1 fully saturated rings. The second kappa shape index (κ2) is 5.37. The number of hydrogen-bond donors (Lipinski definition) is 3. The van der Waals surface area contributed by atoms with E-state index in [9.17, 15) is 9.90 Å². The molecule has 4 N–H and O–H groups in total. The molecule has 0 bridgehead atoms. The first-order valence-corrected chi connectivity index (χ1v) is 6.00. The average Bonchev–Trinajstić information content (AvgIpc) is 2.33. The van der Waals surface area contributed by atoms with Crippen molar-refractivity contribution in [2.75, 3.05) is 6.54 Å². The van der Waals surface area contributed by atoms with Crippen LogP contribution in [-0.2, 0) is 11.3 Å². The summed E-state index contributed by atoms with van der Waals surface area (Å²) in [6.07, 6.45) is 0.519. The Hall–Kier alpha value is -1.59. The van der Waals surface area contributed by atoms with Crippen LogP contribution in [0.3, 0.4) is 0 Å². The molecular weight excluding hydrogens is 232 g/mol. The molecule has 1 aliphatic carbocycles. The first-order chi connectivity index (χ1) is 8.57. The second-order valence-corrected chi connectivity index (χ2v) is 4.81. The molecule has 0 saturated heterocycles. The summed E-state index contributed by atoms with van der Waals surface area (Å²) < 4.78 is 5.03. The molecule has 0 radical (unpaired) electrons. The Balaban J connectivity index is 1.67. The third-order valence-electron chi connectivity index (χ3n) is 3.06. The predicted molar refractivity (Wildman–Crippen MR) is 66.8 cm³/mol. The van der Waals surface area contributed by atoms with Gasteiger partial charge in [-0.05, 0) is 18.4 Å². The van der Waals surface area contributed by atoms with Crippen molar-refractivity contribution in [1.82, 2.24) is 5.32 Å². The lowest BCUT2D eigenvalue weighted by atomic mass is 9.76. The lowest BCUT2D eigenvalue weighted by Crippen LogP contribution is -2.57. The van der Waals surface area contributed by atoms with Crippen molar-refractivity contribution < 1.29 is 14.6 Å². The fourth-order valence-corrected chi connectivity index (χ4v) is 2.07. The van der Waals surface area contributed by atoms with Gasteiger partial charge in [-0.15, -0.1) is 0 Å². The zero-order valence-electron chi connectivity index (χ0n) is 10.1. The lowest BCUT2D eigenvalue weighted by molar-refractivity contribution is -0.0440. The molecule has 18 heavy (non-hydrogen) atoms. The number of carbonyl (C=O) groups excluding carboxylic acids is 1. The molecule has 0 aliphatic heterocycles. The van der Waals surface area contributed by atoms with E-state index in [0.717, 1.165) is 5.56 Å². The first kappa shape index (κ1) is 12.9. The molecule has 1 aromatic carbocycles. The van der Waals surface area contributed by atoms with E-state index in [1.807, 2.05) is 30.3 Å². The summed E-state index contributed by atoms with van der Waals surface area (Å²) in [7, 11) is 0. The number of nitrogens with two attached hydrogens (primary N) is 1. The number of alkyl carbamates (subject to hydrolysis) is 1. The summed E-state index contributed by atoms with van der Waals surface area (Å²) in [5, 5.41) is 12.4. The summed E-state index contributed by atoms with van der Waals surface area (Å²) in [5.74, 6) is 0. The van der Waals surface area contributed by atoms with Gasteiger partial charge in [0.05, 0.1) is 5.60 Å². The van der Waals surface area contributed by atoms with Crippen LogP contribution in [0.2, 0.25) is 0 Å². The number of carbonyl (C=O) groups is 1. The van der Waals surface area contributed by atoms with Crippen LogP contribution >= 0.6 is 0 Å². The Bertz CT molecular complexity index is 402. The van der Waals surface area contributed by atoms with E-state index in [1.54, 1.807) is 0 Å². The van der Waals surface area contributed by atoms with E-state index in [1.165, 1.54) is 0 Å². The minimum Gasteiger partial charge on any atom is -0.445 e. The van der Waals surface area contributed by atoms with E-state index < -0.39 is 11.7 Å². The van der Waals surface area contributed by atoms with E-state index in [-0.39, 0.29) is 19.2 Å². The minimum absolute atomic E-state index is 0.0390. The highest BCUT2D eigenvalue weighted by atomic mass is 16.5. The second-order valence-electron chi connectivity index (χ2n) is 4.81. The summed E-state index contributed by atoms with van der Waals surface area (Å²) in [6, 6.07) is 9.47. The van der Waals surface area contributed by atoms with Crippen LogP contribution in [0.25, 0.3) is 0 Å². The largest absolute Gasteiger partial charge is 0.445 e. The van der Waals surface area contributed by atoms with Gasteiger partial charge in [-0.2, -0.15) is 0 Å². The fourth-order valence-electron chi connectivity index (χ4n) is 2.07. The van der Waals surface area contributed by atoms with Gasteiger partial charge in [-0.3, -0.25) is 0 Å². The number of amides is 1. The lowest BCUT2D eigenvalue weighted by Gasteiger charge is -2.41. The molecule has 0 unspecified atom stereocenters. The SMILES string of the molecule is N[C@H]1C[C@](O)(CNC(=O)OCc2ccccc2)C1. The molecule has 1 saturated carbocycles. The third kappa shape index (κ3) is 3.45. The number of hydrogen-bond acceptors (Lipinski definition) is 4. The van der Waals surface area contributed by atoms with Gasteiger partial charge in [0.2, 0.25) is 0 Å². The summed E-state index contributed by atoms with van der Waals surface area (Å²) in [4.78, 5) is 11.4. The zero-order chi connectivity index (χ0) is 13.0. The molecule has 1 aromatic rings. The molecule has 5 nitrogen and oxygen atoms in total. The molecule has 1 aliphatic rings. The Morgan fingerprint density at radius 1 is 1.44 bits per heavy atom. The maximum Gasteiger partial charge on any atom is 0.407 e. The standard InChI is InChI=1S/C13H18N2O3/c14-11-6-13(17,7-11)9-15-12(16)18-8-10-4-2-1-3-5-10/h1-5,11,17H,6-9,14H2,(H,15,16)/t11-,13+. The van der Waals surface area contributed by atoms with Gasteiger partial charge < -0.3 is 20.9 Å². The van der Waals surface area contributed by atoms with Gasteiger partial charge in [-0.1, -0.05) is 30.3 Å². The topological polar surface area (TPSA) is 84.6 Å². The van der Waals surface area contributed by atoms with Crippen LogP contribution in [0.5, 0.6) is 0 Å². The third-order valence-corrected chi connectivity index (χ3v) is 3.06. The fraction of sp³-hybridized carbons (Fsp3) is 0.462. The molecule has 2 rings (SSSR count). The van der Waals surface area contributed by atoms with Crippen LogP contribution in [0.4, 0.5) is 4.79 Å². The van der Waals surface area contributed by atoms with Crippen LogP contribution < -0.4 is 11.1 Å². The first-order valence-electron chi connectivity index (χ1n) is 6.00. The maximum atomic E-state index is 11.4. The number of nitrogens with one attached hydrogen (secondary N) is 1. The van der Waals surface area contributed by atoms with Crippen LogP contribution in [-0.4, -0.2) is 29.4 Å². The van der Waals surface area contributed by atoms with Crippen LogP contribution in [0.15, 0.2) is 30.3 Å². The highest BCUT2D eigenvalue weighted by molar-refractivity contribution is 5.67. The summed E-state index contributed by atoms with van der Waals surface area (Å²) in [6.45, 7) is 0.416. The monoisotopic (exact) mass is 250 g/mol. The highest BCUT2D eigenvalue weighted by Crippen LogP contribution is 2.29. The van der Waals surface area contributed by atoms with E-state index in [2.05, 4.69) is 5.32 Å². The molecule has 5 heteroatoms. The van der Waals surface area contributed by atoms with Gasteiger partial charge in [0, 0.05) is 12.6 Å². The van der Waals surface area contributed by atoms with Gasteiger partial charge >= 0.3 is 6.09 Å².